The van der Waals surface area contributed by atoms with Crippen molar-refractivity contribution in [3.05, 3.63) is 65.6 Å². The molecular weight excluding hydrogens is 397 g/mol. The molecule has 4 aromatic rings. The van der Waals surface area contributed by atoms with E-state index < -0.39 is 0 Å². The molecule has 3 aromatic heterocycles. The summed E-state index contributed by atoms with van der Waals surface area (Å²) < 4.78 is 14.2. The van der Waals surface area contributed by atoms with E-state index in [1.54, 1.807) is 29.8 Å². The first-order valence-electron chi connectivity index (χ1n) is 10.2. The highest BCUT2D eigenvalue weighted by Crippen LogP contribution is 2.34. The van der Waals surface area contributed by atoms with Crippen LogP contribution in [-0.4, -0.2) is 41.1 Å². The fraction of sp³-hybridized carbons (Fsp3) is 0.261. The van der Waals surface area contributed by atoms with Crippen LogP contribution in [0.4, 0.5) is 15.9 Å². The lowest BCUT2D eigenvalue weighted by Crippen LogP contribution is -2.47. The second-order valence-corrected chi connectivity index (χ2v) is 8.44. The van der Waals surface area contributed by atoms with Crippen molar-refractivity contribution < 1.29 is 4.39 Å². The van der Waals surface area contributed by atoms with Crippen LogP contribution in [0.3, 0.4) is 0 Å². The molecule has 5 nitrogen and oxygen atoms in total. The van der Waals surface area contributed by atoms with Crippen molar-refractivity contribution in [1.82, 2.24) is 15.0 Å². The zero-order chi connectivity index (χ0) is 20.5. The summed E-state index contributed by atoms with van der Waals surface area (Å²) in [5, 5.41) is 1.10. The number of hydrogen-bond donors (Lipinski definition) is 0. The molecule has 7 heteroatoms. The fourth-order valence-electron chi connectivity index (χ4n) is 3.86. The molecule has 30 heavy (non-hydrogen) atoms. The molecule has 152 valence electrons. The molecule has 0 N–H and O–H groups in total. The van der Waals surface area contributed by atoms with E-state index in [0.717, 1.165) is 54.2 Å². The number of aromatic nitrogens is 3. The number of thiophene rings is 1. The molecule has 1 aliphatic heterocycles. The van der Waals surface area contributed by atoms with Gasteiger partial charge in [0, 0.05) is 49.0 Å². The molecule has 1 aliphatic rings. The van der Waals surface area contributed by atoms with Crippen molar-refractivity contribution in [2.24, 2.45) is 0 Å². The minimum Gasteiger partial charge on any atom is -0.366 e. The molecule has 5 rings (SSSR count). The van der Waals surface area contributed by atoms with E-state index in [2.05, 4.69) is 27.8 Å². The van der Waals surface area contributed by atoms with Crippen molar-refractivity contribution in [2.75, 3.05) is 36.0 Å². The predicted molar refractivity (Wildman–Crippen MR) is 121 cm³/mol. The molecule has 0 unspecified atom stereocenters. The van der Waals surface area contributed by atoms with E-state index >= 15 is 0 Å². The van der Waals surface area contributed by atoms with Gasteiger partial charge in [-0.05, 0) is 36.8 Å². The minimum atomic E-state index is -0.167. The maximum atomic E-state index is 14.2. The molecule has 0 bridgehead atoms. The van der Waals surface area contributed by atoms with Crippen LogP contribution in [0.25, 0.3) is 21.6 Å². The summed E-state index contributed by atoms with van der Waals surface area (Å²) in [6.45, 7) is 5.22. The third-order valence-electron chi connectivity index (χ3n) is 5.46. The van der Waals surface area contributed by atoms with Gasteiger partial charge in [0.1, 0.15) is 16.5 Å². The third kappa shape index (κ3) is 3.50. The number of benzene rings is 1. The Kier molecular flexibility index (Phi) is 5.04. The van der Waals surface area contributed by atoms with Gasteiger partial charge < -0.3 is 9.80 Å². The fourth-order valence-corrected chi connectivity index (χ4v) is 4.82. The summed E-state index contributed by atoms with van der Waals surface area (Å²) in [6, 6.07) is 13.1. The maximum Gasteiger partial charge on any atom is 0.164 e. The van der Waals surface area contributed by atoms with Gasteiger partial charge in [-0.1, -0.05) is 19.1 Å². The van der Waals surface area contributed by atoms with Gasteiger partial charge in [0.15, 0.2) is 5.82 Å². The van der Waals surface area contributed by atoms with Crippen molar-refractivity contribution >= 4 is 33.1 Å². The Hall–Kier alpha value is -3.06. The summed E-state index contributed by atoms with van der Waals surface area (Å²) in [5.41, 5.74) is 1.59. The van der Waals surface area contributed by atoms with Crippen LogP contribution in [0.15, 0.2) is 54.9 Å². The van der Waals surface area contributed by atoms with E-state index in [-0.39, 0.29) is 5.82 Å². The van der Waals surface area contributed by atoms with Gasteiger partial charge in [-0.2, -0.15) is 0 Å². The molecule has 0 spiro atoms. The SMILES string of the molecule is CCc1cc2c(N3CCN(c4ccccc4F)CC3)nc(-c3cccnc3)nc2s1. The second kappa shape index (κ2) is 7.99. The summed E-state index contributed by atoms with van der Waals surface area (Å²) in [4.78, 5) is 20.7. The topological polar surface area (TPSA) is 45.2 Å². The molecule has 1 aromatic carbocycles. The van der Waals surface area contributed by atoms with Crippen molar-refractivity contribution in [2.45, 2.75) is 13.3 Å². The summed E-state index contributed by atoms with van der Waals surface area (Å²) in [6.07, 6.45) is 4.53. The van der Waals surface area contributed by atoms with Crippen LogP contribution in [0.5, 0.6) is 0 Å². The predicted octanol–water partition coefficient (Wildman–Crippen LogP) is 4.78. The monoisotopic (exact) mass is 419 g/mol. The number of rotatable bonds is 4. The molecule has 4 heterocycles. The van der Waals surface area contributed by atoms with Gasteiger partial charge in [-0.15, -0.1) is 11.3 Å². The third-order valence-corrected chi connectivity index (χ3v) is 6.64. The summed E-state index contributed by atoms with van der Waals surface area (Å²) in [7, 11) is 0. The van der Waals surface area contributed by atoms with Crippen LogP contribution in [0.1, 0.15) is 11.8 Å². The number of halogens is 1. The van der Waals surface area contributed by atoms with E-state index in [0.29, 0.717) is 11.5 Å². The lowest BCUT2D eigenvalue weighted by atomic mass is 10.2. The normalized spacial score (nSPS) is 14.5. The van der Waals surface area contributed by atoms with Crippen molar-refractivity contribution in [3.8, 4) is 11.4 Å². The number of piperazine rings is 1. The molecule has 0 radical (unpaired) electrons. The van der Waals surface area contributed by atoms with E-state index in [1.165, 1.54) is 10.9 Å². The van der Waals surface area contributed by atoms with Gasteiger partial charge in [0.05, 0.1) is 11.1 Å². The molecular formula is C23H22FN5S. The second-order valence-electron chi connectivity index (χ2n) is 7.32. The van der Waals surface area contributed by atoms with Gasteiger partial charge in [0.25, 0.3) is 0 Å². The standard InChI is InChI=1S/C23H22FN5S/c1-2-17-14-18-22(26-21(27-23(18)30-17)16-6-5-9-25-15-16)29-12-10-28(11-13-29)20-8-4-3-7-19(20)24/h3-9,14-15H,2,10-13H2,1H3. The van der Waals surface area contributed by atoms with Gasteiger partial charge in [-0.3, -0.25) is 4.98 Å². The van der Waals surface area contributed by atoms with E-state index in [9.17, 15) is 4.39 Å². The zero-order valence-corrected chi connectivity index (χ0v) is 17.6. The Labute approximate surface area is 178 Å². The highest BCUT2D eigenvalue weighted by atomic mass is 32.1. The first kappa shape index (κ1) is 18.9. The lowest BCUT2D eigenvalue weighted by molar-refractivity contribution is 0.597. The number of pyridine rings is 1. The first-order valence-corrected chi connectivity index (χ1v) is 11.0. The Balaban J connectivity index is 1.49. The van der Waals surface area contributed by atoms with E-state index in [4.69, 9.17) is 9.97 Å². The van der Waals surface area contributed by atoms with Crippen molar-refractivity contribution in [1.29, 1.82) is 0 Å². The molecule has 0 atom stereocenters. The molecule has 0 saturated carbocycles. The van der Waals surface area contributed by atoms with Crippen molar-refractivity contribution in [3.63, 3.8) is 0 Å². The van der Waals surface area contributed by atoms with Gasteiger partial charge >= 0.3 is 0 Å². The maximum absolute atomic E-state index is 14.2. The van der Waals surface area contributed by atoms with Crippen LogP contribution in [0.2, 0.25) is 0 Å². The Morgan fingerprint density at radius 3 is 2.53 bits per heavy atom. The van der Waals surface area contributed by atoms with E-state index in [1.807, 2.05) is 24.3 Å². The number of nitrogens with zero attached hydrogens (tertiary/aromatic N) is 5. The Morgan fingerprint density at radius 2 is 1.80 bits per heavy atom. The molecule has 0 aliphatic carbocycles. The summed E-state index contributed by atoms with van der Waals surface area (Å²) >= 11 is 1.73. The molecule has 1 saturated heterocycles. The van der Waals surface area contributed by atoms with Crippen LogP contribution >= 0.6 is 11.3 Å². The zero-order valence-electron chi connectivity index (χ0n) is 16.8. The molecule has 0 amide bonds. The number of para-hydroxylation sites is 1. The first-order chi connectivity index (χ1) is 14.7. The van der Waals surface area contributed by atoms with Crippen LogP contribution in [-0.2, 0) is 6.42 Å². The average molecular weight is 420 g/mol. The number of aryl methyl sites for hydroxylation is 1. The highest BCUT2D eigenvalue weighted by Gasteiger charge is 2.23. The Morgan fingerprint density at radius 1 is 1.00 bits per heavy atom. The van der Waals surface area contributed by atoms with Crippen LogP contribution < -0.4 is 9.80 Å². The van der Waals surface area contributed by atoms with Gasteiger partial charge in [0.2, 0.25) is 0 Å². The number of anilines is 2. The number of hydrogen-bond acceptors (Lipinski definition) is 6. The highest BCUT2D eigenvalue weighted by molar-refractivity contribution is 7.18. The molecule has 1 fully saturated rings. The Bertz CT molecular complexity index is 1170. The van der Waals surface area contributed by atoms with Crippen LogP contribution in [0, 0.1) is 5.82 Å². The number of fused-ring (bicyclic) bond motifs is 1. The minimum absolute atomic E-state index is 0.167. The average Bonchev–Trinajstić information content (AvgIpc) is 3.23. The quantitative estimate of drug-likeness (QED) is 0.476. The largest absolute Gasteiger partial charge is 0.366 e. The van der Waals surface area contributed by atoms with Gasteiger partial charge in [-0.25, -0.2) is 14.4 Å². The lowest BCUT2D eigenvalue weighted by Gasteiger charge is -2.37. The smallest absolute Gasteiger partial charge is 0.164 e. The summed E-state index contributed by atoms with van der Waals surface area (Å²) in [5.74, 6) is 1.49.